The van der Waals surface area contributed by atoms with Gasteiger partial charge in [-0.1, -0.05) is 18.3 Å². The molecule has 3 amide bonds. The Hall–Kier alpha value is -2.94. The number of rotatable bonds is 9. The first-order valence-corrected chi connectivity index (χ1v) is 11.8. The van der Waals surface area contributed by atoms with Gasteiger partial charge in [-0.2, -0.15) is 0 Å². The van der Waals surface area contributed by atoms with Gasteiger partial charge in [-0.25, -0.2) is 0 Å². The number of thioether (sulfide) groups is 1. The predicted octanol–water partition coefficient (Wildman–Crippen LogP) is -0.124. The number of hydrogen-bond acceptors (Lipinski definition) is 11. The SMILES string of the molecule is CCc1nnc(NC(=O)CSC2NC(=O)C(NC(=O)c3ccc(OC)c(OC)c3)C(N)N2)s1. The molecule has 3 rings (SSSR count). The number of aryl methyl sites for hydroxylation is 1. The molecule has 3 atom stereocenters. The molecule has 3 unspecified atom stereocenters. The molecular weight excluding hydrogens is 470 g/mol. The van der Waals surface area contributed by atoms with Gasteiger partial charge >= 0.3 is 0 Å². The van der Waals surface area contributed by atoms with Crippen molar-refractivity contribution in [3.05, 3.63) is 28.8 Å². The number of nitrogens with zero attached hydrogens (tertiary/aromatic N) is 2. The summed E-state index contributed by atoms with van der Waals surface area (Å²) in [7, 11) is 2.95. The summed E-state index contributed by atoms with van der Waals surface area (Å²) in [4.78, 5) is 37.3. The van der Waals surface area contributed by atoms with Gasteiger partial charge in [0, 0.05) is 5.56 Å². The van der Waals surface area contributed by atoms with E-state index in [1.54, 1.807) is 12.1 Å². The second kappa shape index (κ2) is 11.3. The standard InChI is InChI=1S/C19H25N7O5S2/c1-4-13-25-26-19(33-13)21-12(27)8-32-18-23-15(20)14(17(29)24-18)22-16(28)9-5-6-10(30-2)11(7-9)31-3/h5-7,14-15,18,23H,4,8,20H2,1-3H3,(H,22,28)(H,24,29)(H,21,26,27). The number of anilines is 1. The fourth-order valence-corrected chi connectivity index (χ4v) is 4.44. The Morgan fingerprint density at radius 1 is 1.24 bits per heavy atom. The van der Waals surface area contributed by atoms with Gasteiger partial charge < -0.3 is 25.8 Å². The van der Waals surface area contributed by atoms with Crippen LogP contribution in [0.3, 0.4) is 0 Å². The Morgan fingerprint density at radius 3 is 2.64 bits per heavy atom. The van der Waals surface area contributed by atoms with Crippen LogP contribution in [0, 0.1) is 0 Å². The number of nitrogens with two attached hydrogens (primary N) is 1. The van der Waals surface area contributed by atoms with E-state index in [0.717, 1.165) is 23.2 Å². The number of carbonyl (C=O) groups is 3. The van der Waals surface area contributed by atoms with Crippen molar-refractivity contribution in [3.63, 3.8) is 0 Å². The molecular formula is C19H25N7O5S2. The highest BCUT2D eigenvalue weighted by molar-refractivity contribution is 8.00. The van der Waals surface area contributed by atoms with E-state index in [0.29, 0.717) is 16.6 Å². The van der Waals surface area contributed by atoms with Crippen LogP contribution >= 0.6 is 23.1 Å². The number of methoxy groups -OCH3 is 2. The molecule has 2 heterocycles. The smallest absolute Gasteiger partial charge is 0.252 e. The van der Waals surface area contributed by atoms with E-state index in [9.17, 15) is 14.4 Å². The zero-order chi connectivity index (χ0) is 24.0. The maximum atomic E-state index is 12.6. The van der Waals surface area contributed by atoms with Crippen molar-refractivity contribution in [1.29, 1.82) is 0 Å². The Kier molecular flexibility index (Phi) is 8.43. The van der Waals surface area contributed by atoms with Gasteiger partial charge in [0.25, 0.3) is 5.91 Å². The summed E-state index contributed by atoms with van der Waals surface area (Å²) in [6.45, 7) is 1.95. The van der Waals surface area contributed by atoms with Crippen molar-refractivity contribution in [3.8, 4) is 11.5 Å². The largest absolute Gasteiger partial charge is 0.493 e. The lowest BCUT2D eigenvalue weighted by Gasteiger charge is -2.35. The summed E-state index contributed by atoms with van der Waals surface area (Å²) in [5, 5.41) is 20.0. The fourth-order valence-electron chi connectivity index (χ4n) is 2.90. The maximum Gasteiger partial charge on any atom is 0.252 e. The van der Waals surface area contributed by atoms with E-state index in [2.05, 4.69) is 31.5 Å². The van der Waals surface area contributed by atoms with E-state index in [1.807, 2.05) is 6.92 Å². The van der Waals surface area contributed by atoms with Crippen LogP contribution in [-0.4, -0.2) is 65.6 Å². The van der Waals surface area contributed by atoms with E-state index in [4.69, 9.17) is 15.2 Å². The summed E-state index contributed by atoms with van der Waals surface area (Å²) in [5.74, 6) is -0.341. The van der Waals surface area contributed by atoms with Crippen molar-refractivity contribution in [1.82, 2.24) is 26.1 Å². The Morgan fingerprint density at radius 2 is 2.00 bits per heavy atom. The number of ether oxygens (including phenoxy) is 2. The Labute approximate surface area is 198 Å². The van der Waals surface area contributed by atoms with E-state index in [-0.39, 0.29) is 17.2 Å². The molecule has 1 aliphatic heterocycles. The Balaban J connectivity index is 1.51. The molecule has 1 aliphatic rings. The van der Waals surface area contributed by atoms with Crippen molar-refractivity contribution in [2.45, 2.75) is 31.0 Å². The minimum absolute atomic E-state index is 0.0500. The normalized spacial score (nSPS) is 20.0. The van der Waals surface area contributed by atoms with Gasteiger partial charge in [-0.05, 0) is 24.6 Å². The van der Waals surface area contributed by atoms with Crippen LogP contribution in [0.4, 0.5) is 5.13 Å². The van der Waals surface area contributed by atoms with Crippen molar-refractivity contribution in [2.24, 2.45) is 5.73 Å². The van der Waals surface area contributed by atoms with Crippen molar-refractivity contribution >= 4 is 46.0 Å². The molecule has 0 saturated carbocycles. The summed E-state index contributed by atoms with van der Waals surface area (Å²) in [5.41, 5.74) is 5.75. The van der Waals surface area contributed by atoms with Crippen molar-refractivity contribution < 1.29 is 23.9 Å². The van der Waals surface area contributed by atoms with Gasteiger partial charge in [-0.15, -0.1) is 22.0 Å². The molecule has 0 bridgehead atoms. The molecule has 1 aromatic carbocycles. The van der Waals surface area contributed by atoms with Gasteiger partial charge in [0.05, 0.1) is 26.1 Å². The van der Waals surface area contributed by atoms with Gasteiger partial charge in [0.1, 0.15) is 16.5 Å². The molecule has 1 saturated heterocycles. The van der Waals surface area contributed by atoms with Crippen molar-refractivity contribution in [2.75, 3.05) is 25.3 Å². The first-order chi connectivity index (χ1) is 15.8. The van der Waals surface area contributed by atoms with Gasteiger partial charge in [0.2, 0.25) is 16.9 Å². The quantitative estimate of drug-likeness (QED) is 0.316. The molecule has 0 radical (unpaired) electrons. The fraction of sp³-hybridized carbons (Fsp3) is 0.421. The highest BCUT2D eigenvalue weighted by Crippen LogP contribution is 2.27. The molecule has 178 valence electrons. The van der Waals surface area contributed by atoms with Crippen LogP contribution < -0.4 is 36.5 Å². The third-order valence-corrected chi connectivity index (χ3v) is 6.59. The molecule has 0 aliphatic carbocycles. The third kappa shape index (κ3) is 6.31. The van der Waals surface area contributed by atoms with Crippen LogP contribution in [-0.2, 0) is 16.0 Å². The number of amides is 3. The second-order valence-electron chi connectivity index (χ2n) is 6.82. The van der Waals surface area contributed by atoms with E-state index < -0.39 is 29.5 Å². The topological polar surface area (TPSA) is 170 Å². The van der Waals surface area contributed by atoms with Gasteiger partial charge in [0.15, 0.2) is 11.5 Å². The third-order valence-electron chi connectivity index (χ3n) is 4.59. The number of carbonyl (C=O) groups excluding carboxylic acids is 3. The minimum Gasteiger partial charge on any atom is -0.493 e. The second-order valence-corrected chi connectivity index (χ2v) is 8.97. The van der Waals surface area contributed by atoms with E-state index >= 15 is 0 Å². The predicted molar refractivity (Wildman–Crippen MR) is 124 cm³/mol. The van der Waals surface area contributed by atoms with Crippen LogP contribution in [0.1, 0.15) is 22.3 Å². The lowest BCUT2D eigenvalue weighted by atomic mass is 10.1. The number of hydrogen-bond donors (Lipinski definition) is 5. The number of aromatic nitrogens is 2. The molecule has 14 heteroatoms. The lowest BCUT2D eigenvalue weighted by Crippen LogP contribution is -2.70. The molecule has 0 spiro atoms. The first kappa shape index (κ1) is 24.7. The summed E-state index contributed by atoms with van der Waals surface area (Å²) >= 11 is 2.46. The summed E-state index contributed by atoms with van der Waals surface area (Å²) in [6.07, 6.45) is -0.124. The molecule has 33 heavy (non-hydrogen) atoms. The first-order valence-electron chi connectivity index (χ1n) is 9.93. The van der Waals surface area contributed by atoms with Crippen LogP contribution in [0.15, 0.2) is 18.2 Å². The molecule has 6 N–H and O–H groups in total. The average Bonchev–Trinajstić information content (AvgIpc) is 3.26. The number of nitrogens with one attached hydrogen (secondary N) is 4. The van der Waals surface area contributed by atoms with Crippen LogP contribution in [0.5, 0.6) is 11.5 Å². The minimum atomic E-state index is -1.01. The average molecular weight is 496 g/mol. The summed E-state index contributed by atoms with van der Waals surface area (Å²) < 4.78 is 10.4. The lowest BCUT2D eigenvalue weighted by molar-refractivity contribution is -0.125. The molecule has 1 fully saturated rings. The van der Waals surface area contributed by atoms with Gasteiger partial charge in [-0.3, -0.25) is 25.0 Å². The van der Waals surface area contributed by atoms with Crippen LogP contribution in [0.2, 0.25) is 0 Å². The highest BCUT2D eigenvalue weighted by Gasteiger charge is 2.35. The zero-order valence-corrected chi connectivity index (χ0v) is 19.8. The number of benzene rings is 1. The zero-order valence-electron chi connectivity index (χ0n) is 18.2. The maximum absolute atomic E-state index is 12.6. The molecule has 1 aromatic heterocycles. The van der Waals surface area contributed by atoms with Crippen LogP contribution in [0.25, 0.3) is 0 Å². The highest BCUT2D eigenvalue weighted by atomic mass is 32.2. The monoisotopic (exact) mass is 495 g/mol. The Bertz CT molecular complexity index is 1020. The van der Waals surface area contributed by atoms with E-state index in [1.165, 1.54) is 31.6 Å². The summed E-state index contributed by atoms with van der Waals surface area (Å²) in [6, 6.07) is 3.64. The molecule has 12 nitrogen and oxygen atoms in total. The molecule has 2 aromatic rings.